The third-order valence-electron chi connectivity index (χ3n) is 2.60. The zero-order chi connectivity index (χ0) is 13.5. The topological polar surface area (TPSA) is 59.1 Å². The third kappa shape index (κ3) is 4.10. The zero-order valence-electron chi connectivity index (χ0n) is 11.3. The summed E-state index contributed by atoms with van der Waals surface area (Å²) in [5.41, 5.74) is 0. The summed E-state index contributed by atoms with van der Waals surface area (Å²) in [6.45, 7) is 7.19. The van der Waals surface area contributed by atoms with Gasteiger partial charge in [-0.3, -0.25) is 0 Å². The van der Waals surface area contributed by atoms with Gasteiger partial charge in [-0.2, -0.15) is 4.98 Å². The van der Waals surface area contributed by atoms with E-state index in [4.69, 9.17) is 4.74 Å². The SMILES string of the molecule is CCOCC(Nc1nc(NC)ncc1F)C(C)C. The monoisotopic (exact) mass is 256 g/mol. The summed E-state index contributed by atoms with van der Waals surface area (Å²) < 4.78 is 19.0. The van der Waals surface area contributed by atoms with E-state index >= 15 is 0 Å². The molecule has 0 aliphatic heterocycles. The first-order chi connectivity index (χ1) is 8.58. The Morgan fingerprint density at radius 2 is 2.17 bits per heavy atom. The molecular formula is C12H21FN4O. The van der Waals surface area contributed by atoms with Crippen molar-refractivity contribution in [3.05, 3.63) is 12.0 Å². The van der Waals surface area contributed by atoms with E-state index in [0.717, 1.165) is 6.20 Å². The molecule has 6 heteroatoms. The predicted octanol–water partition coefficient (Wildman–Crippen LogP) is 2.13. The van der Waals surface area contributed by atoms with E-state index in [2.05, 4.69) is 34.4 Å². The van der Waals surface area contributed by atoms with Crippen molar-refractivity contribution >= 4 is 11.8 Å². The zero-order valence-corrected chi connectivity index (χ0v) is 11.3. The van der Waals surface area contributed by atoms with Gasteiger partial charge in [0.2, 0.25) is 5.95 Å². The Labute approximate surface area is 107 Å². The van der Waals surface area contributed by atoms with Gasteiger partial charge in [-0.25, -0.2) is 9.37 Å². The molecule has 1 aromatic heterocycles. The molecule has 1 heterocycles. The van der Waals surface area contributed by atoms with Gasteiger partial charge in [0.25, 0.3) is 0 Å². The smallest absolute Gasteiger partial charge is 0.224 e. The second kappa shape index (κ2) is 7.10. The molecule has 18 heavy (non-hydrogen) atoms. The number of halogens is 1. The lowest BCUT2D eigenvalue weighted by Gasteiger charge is -2.22. The van der Waals surface area contributed by atoms with Crippen molar-refractivity contribution < 1.29 is 9.13 Å². The first-order valence-electron chi connectivity index (χ1n) is 6.13. The molecule has 5 nitrogen and oxygen atoms in total. The first-order valence-corrected chi connectivity index (χ1v) is 6.13. The van der Waals surface area contributed by atoms with E-state index in [-0.39, 0.29) is 11.9 Å². The van der Waals surface area contributed by atoms with Crippen molar-refractivity contribution in [2.45, 2.75) is 26.8 Å². The number of ether oxygens (including phenoxy) is 1. The first kappa shape index (κ1) is 14.6. The van der Waals surface area contributed by atoms with Gasteiger partial charge < -0.3 is 15.4 Å². The molecule has 102 valence electrons. The van der Waals surface area contributed by atoms with Gasteiger partial charge in [0.15, 0.2) is 11.6 Å². The van der Waals surface area contributed by atoms with Crippen LogP contribution in [0.1, 0.15) is 20.8 Å². The van der Waals surface area contributed by atoms with Crippen LogP contribution in [-0.2, 0) is 4.74 Å². The van der Waals surface area contributed by atoms with Crippen LogP contribution in [0.25, 0.3) is 0 Å². The molecule has 0 fully saturated rings. The summed E-state index contributed by atoms with van der Waals surface area (Å²) in [4.78, 5) is 7.86. The van der Waals surface area contributed by atoms with Crippen LogP contribution in [0.5, 0.6) is 0 Å². The number of hydrogen-bond donors (Lipinski definition) is 2. The standard InChI is InChI=1S/C12H21FN4O/c1-5-18-7-10(8(2)3)16-11-9(13)6-15-12(14-4)17-11/h6,8,10H,5,7H2,1-4H3,(H2,14,15,16,17). The van der Waals surface area contributed by atoms with Crippen LogP contribution < -0.4 is 10.6 Å². The van der Waals surface area contributed by atoms with Crippen molar-refractivity contribution in [2.75, 3.05) is 30.9 Å². The summed E-state index contributed by atoms with van der Waals surface area (Å²) in [5, 5.41) is 5.85. The van der Waals surface area contributed by atoms with Crippen LogP contribution in [0, 0.1) is 11.7 Å². The number of aromatic nitrogens is 2. The molecule has 0 aliphatic carbocycles. The van der Waals surface area contributed by atoms with Gasteiger partial charge in [-0.05, 0) is 12.8 Å². The van der Waals surface area contributed by atoms with Crippen LogP contribution in [0.3, 0.4) is 0 Å². The molecule has 0 aliphatic rings. The van der Waals surface area contributed by atoms with Crippen molar-refractivity contribution in [2.24, 2.45) is 5.92 Å². The van der Waals surface area contributed by atoms with Crippen molar-refractivity contribution in [1.82, 2.24) is 9.97 Å². The third-order valence-corrected chi connectivity index (χ3v) is 2.60. The number of nitrogens with zero attached hydrogens (tertiary/aromatic N) is 2. The van der Waals surface area contributed by atoms with Crippen molar-refractivity contribution in [3.63, 3.8) is 0 Å². The molecule has 0 saturated heterocycles. The van der Waals surface area contributed by atoms with E-state index < -0.39 is 5.82 Å². The van der Waals surface area contributed by atoms with Gasteiger partial charge >= 0.3 is 0 Å². The van der Waals surface area contributed by atoms with E-state index in [9.17, 15) is 4.39 Å². The minimum absolute atomic E-state index is 0.0130. The fourth-order valence-electron chi connectivity index (χ4n) is 1.41. The van der Waals surface area contributed by atoms with E-state index in [1.165, 1.54) is 0 Å². The maximum Gasteiger partial charge on any atom is 0.224 e. The molecule has 0 bridgehead atoms. The highest BCUT2D eigenvalue weighted by atomic mass is 19.1. The molecule has 1 aromatic rings. The molecule has 1 atom stereocenters. The van der Waals surface area contributed by atoms with Gasteiger partial charge in [-0.15, -0.1) is 0 Å². The number of nitrogens with one attached hydrogen (secondary N) is 2. The summed E-state index contributed by atoms with van der Waals surface area (Å²) in [6.07, 6.45) is 1.15. The normalized spacial score (nSPS) is 12.6. The van der Waals surface area contributed by atoms with Crippen LogP contribution in [0.15, 0.2) is 6.20 Å². The van der Waals surface area contributed by atoms with Gasteiger partial charge in [0.05, 0.1) is 18.8 Å². The Kier molecular flexibility index (Phi) is 5.77. The van der Waals surface area contributed by atoms with Crippen molar-refractivity contribution in [3.8, 4) is 0 Å². The summed E-state index contributed by atoms with van der Waals surface area (Å²) in [7, 11) is 1.69. The Hall–Kier alpha value is -1.43. The van der Waals surface area contributed by atoms with E-state index in [1.54, 1.807) is 7.05 Å². The van der Waals surface area contributed by atoms with Crippen LogP contribution >= 0.6 is 0 Å². The molecule has 1 rings (SSSR count). The average Bonchev–Trinajstić information content (AvgIpc) is 2.36. The molecule has 0 amide bonds. The molecule has 0 spiro atoms. The number of hydrogen-bond acceptors (Lipinski definition) is 5. The minimum atomic E-state index is -0.462. The lowest BCUT2D eigenvalue weighted by Crippen LogP contribution is -2.32. The highest BCUT2D eigenvalue weighted by Crippen LogP contribution is 2.15. The molecule has 2 N–H and O–H groups in total. The van der Waals surface area contributed by atoms with Gasteiger partial charge in [-0.1, -0.05) is 13.8 Å². The van der Waals surface area contributed by atoms with Gasteiger partial charge in [0, 0.05) is 13.7 Å². The minimum Gasteiger partial charge on any atom is -0.380 e. The van der Waals surface area contributed by atoms with Gasteiger partial charge in [0.1, 0.15) is 0 Å². The molecule has 1 unspecified atom stereocenters. The summed E-state index contributed by atoms with van der Waals surface area (Å²) in [6, 6.07) is 0.0130. The highest BCUT2D eigenvalue weighted by Gasteiger charge is 2.16. The molecule has 0 saturated carbocycles. The summed E-state index contributed by atoms with van der Waals surface area (Å²) in [5.74, 6) is 0.436. The number of rotatable bonds is 7. The maximum absolute atomic E-state index is 13.6. The van der Waals surface area contributed by atoms with Crippen LogP contribution in [0.2, 0.25) is 0 Å². The fraction of sp³-hybridized carbons (Fsp3) is 0.667. The van der Waals surface area contributed by atoms with E-state index in [1.807, 2.05) is 6.92 Å². The Balaban J connectivity index is 2.78. The molecular weight excluding hydrogens is 235 g/mol. The number of anilines is 2. The Bertz CT molecular complexity index is 373. The quantitative estimate of drug-likeness (QED) is 0.782. The Morgan fingerprint density at radius 1 is 1.44 bits per heavy atom. The van der Waals surface area contributed by atoms with Crippen molar-refractivity contribution in [1.29, 1.82) is 0 Å². The van der Waals surface area contributed by atoms with Crippen LogP contribution in [-0.4, -0.2) is 36.3 Å². The molecule has 0 radical (unpaired) electrons. The largest absolute Gasteiger partial charge is 0.380 e. The fourth-order valence-corrected chi connectivity index (χ4v) is 1.41. The summed E-state index contributed by atoms with van der Waals surface area (Å²) >= 11 is 0. The second-order valence-electron chi connectivity index (χ2n) is 4.29. The predicted molar refractivity (Wildman–Crippen MR) is 70.3 cm³/mol. The lowest BCUT2D eigenvalue weighted by atomic mass is 10.1. The maximum atomic E-state index is 13.6. The lowest BCUT2D eigenvalue weighted by molar-refractivity contribution is 0.126. The Morgan fingerprint density at radius 3 is 2.72 bits per heavy atom. The highest BCUT2D eigenvalue weighted by molar-refractivity contribution is 5.41. The average molecular weight is 256 g/mol. The van der Waals surface area contributed by atoms with E-state index in [0.29, 0.717) is 25.1 Å². The van der Waals surface area contributed by atoms with Crippen LogP contribution in [0.4, 0.5) is 16.2 Å². The second-order valence-corrected chi connectivity index (χ2v) is 4.29. The molecule has 0 aromatic carbocycles.